The Labute approximate surface area is 397 Å². The topological polar surface area (TPSA) is 53.5 Å². The van der Waals surface area contributed by atoms with Crippen LogP contribution < -0.4 is 0 Å². The first-order valence-corrected chi connectivity index (χ1v) is 23.4. The summed E-state index contributed by atoms with van der Waals surface area (Å²) in [6.07, 6.45) is 0. The fraction of sp³-hybridized carbons (Fsp3) is 0. The molecule has 322 valence electrons. The van der Waals surface area contributed by atoms with E-state index in [1.54, 1.807) is 0 Å². The SMILES string of the molecule is c1ccc(-c2cc(-c3nc(-c4ccccc4)nc(-c4cccc(-n5c6ccccc6c6ccccc65)c4)n3)cc(-n3c4ccccc4c4cc(-n5c6ccccc6c6ccccc65)ccc43)c2)cc1. The summed E-state index contributed by atoms with van der Waals surface area (Å²) in [5, 5.41) is 7.27. The lowest BCUT2D eigenvalue weighted by Gasteiger charge is -2.15. The molecule has 0 atom stereocenters. The van der Waals surface area contributed by atoms with Gasteiger partial charge in [-0.2, -0.15) is 0 Å². The molecule has 69 heavy (non-hydrogen) atoms. The Morgan fingerprint density at radius 3 is 1.10 bits per heavy atom. The molecule has 4 heterocycles. The van der Waals surface area contributed by atoms with Crippen molar-refractivity contribution in [2.45, 2.75) is 0 Å². The van der Waals surface area contributed by atoms with Crippen molar-refractivity contribution >= 4 is 65.4 Å². The van der Waals surface area contributed by atoms with Crippen LogP contribution in [0.4, 0.5) is 0 Å². The normalized spacial score (nSPS) is 11.8. The smallest absolute Gasteiger partial charge is 0.164 e. The second-order valence-corrected chi connectivity index (χ2v) is 17.7. The number of nitrogens with zero attached hydrogens (tertiary/aromatic N) is 6. The maximum atomic E-state index is 5.37. The first-order chi connectivity index (χ1) is 34.2. The van der Waals surface area contributed by atoms with Crippen LogP contribution in [0.15, 0.2) is 243 Å². The van der Waals surface area contributed by atoms with Gasteiger partial charge in [-0.3, -0.25) is 0 Å². The Morgan fingerprint density at radius 1 is 0.203 bits per heavy atom. The first-order valence-electron chi connectivity index (χ1n) is 23.4. The molecule has 4 aromatic heterocycles. The summed E-state index contributed by atoms with van der Waals surface area (Å²) in [5.74, 6) is 1.80. The van der Waals surface area contributed by atoms with Crippen LogP contribution in [0.5, 0.6) is 0 Å². The van der Waals surface area contributed by atoms with Crippen molar-refractivity contribution in [3.63, 3.8) is 0 Å². The quantitative estimate of drug-likeness (QED) is 0.160. The zero-order valence-corrected chi connectivity index (χ0v) is 37.3. The monoisotopic (exact) mass is 880 g/mol. The number of benzene rings is 10. The van der Waals surface area contributed by atoms with Crippen molar-refractivity contribution in [2.75, 3.05) is 0 Å². The van der Waals surface area contributed by atoms with E-state index >= 15 is 0 Å². The lowest BCUT2D eigenvalue weighted by molar-refractivity contribution is 1.07. The van der Waals surface area contributed by atoms with Gasteiger partial charge in [0.05, 0.1) is 33.1 Å². The highest BCUT2D eigenvalue weighted by Crippen LogP contribution is 2.40. The predicted molar refractivity (Wildman–Crippen MR) is 285 cm³/mol. The van der Waals surface area contributed by atoms with Gasteiger partial charge in [-0.05, 0) is 90.0 Å². The summed E-state index contributed by atoms with van der Waals surface area (Å²) >= 11 is 0. The van der Waals surface area contributed by atoms with E-state index in [4.69, 9.17) is 15.0 Å². The van der Waals surface area contributed by atoms with Crippen molar-refractivity contribution < 1.29 is 0 Å². The van der Waals surface area contributed by atoms with E-state index < -0.39 is 0 Å². The second kappa shape index (κ2) is 15.6. The van der Waals surface area contributed by atoms with Gasteiger partial charge in [-0.15, -0.1) is 0 Å². The maximum absolute atomic E-state index is 5.37. The molecule has 0 bridgehead atoms. The van der Waals surface area contributed by atoms with Crippen LogP contribution in [0.2, 0.25) is 0 Å². The number of rotatable bonds is 7. The number of aromatic nitrogens is 6. The number of hydrogen-bond acceptors (Lipinski definition) is 3. The van der Waals surface area contributed by atoms with E-state index in [-0.39, 0.29) is 0 Å². The molecular weight excluding hydrogens is 841 g/mol. The van der Waals surface area contributed by atoms with Crippen LogP contribution in [0, 0.1) is 0 Å². The molecule has 0 N–H and O–H groups in total. The Kier molecular flexibility index (Phi) is 8.79. The van der Waals surface area contributed by atoms with E-state index in [1.165, 1.54) is 43.4 Å². The maximum Gasteiger partial charge on any atom is 0.164 e. The van der Waals surface area contributed by atoms with Crippen LogP contribution in [0.1, 0.15) is 0 Å². The Hall–Kier alpha value is -9.39. The minimum atomic E-state index is 0.592. The minimum absolute atomic E-state index is 0.592. The molecular formula is C63H40N6. The van der Waals surface area contributed by atoms with Crippen molar-refractivity contribution in [3.05, 3.63) is 243 Å². The second-order valence-electron chi connectivity index (χ2n) is 17.7. The third-order valence-electron chi connectivity index (χ3n) is 13.6. The van der Waals surface area contributed by atoms with Crippen molar-refractivity contribution in [1.29, 1.82) is 0 Å². The van der Waals surface area contributed by atoms with E-state index in [0.29, 0.717) is 17.5 Å². The third kappa shape index (κ3) is 6.30. The van der Waals surface area contributed by atoms with E-state index in [1.807, 2.05) is 18.2 Å². The third-order valence-corrected chi connectivity index (χ3v) is 13.6. The van der Waals surface area contributed by atoms with Gasteiger partial charge in [0.15, 0.2) is 17.5 Å². The highest BCUT2D eigenvalue weighted by molar-refractivity contribution is 6.13. The average molecular weight is 881 g/mol. The molecule has 0 aliphatic rings. The lowest BCUT2D eigenvalue weighted by atomic mass is 10.0. The summed E-state index contributed by atoms with van der Waals surface area (Å²) < 4.78 is 7.12. The zero-order chi connectivity index (χ0) is 45.4. The Bertz CT molecular complexity index is 4210. The highest BCUT2D eigenvalue weighted by Gasteiger charge is 2.20. The number of para-hydroxylation sites is 5. The molecule has 0 saturated heterocycles. The molecule has 6 heteroatoms. The van der Waals surface area contributed by atoms with Gasteiger partial charge < -0.3 is 13.7 Å². The van der Waals surface area contributed by atoms with Gasteiger partial charge >= 0.3 is 0 Å². The van der Waals surface area contributed by atoms with Gasteiger partial charge in [-0.25, -0.2) is 15.0 Å². The van der Waals surface area contributed by atoms with Crippen LogP contribution in [0.25, 0.3) is 128 Å². The fourth-order valence-corrected chi connectivity index (χ4v) is 10.6. The molecule has 10 aromatic carbocycles. The van der Waals surface area contributed by atoms with Crippen molar-refractivity contribution in [3.8, 4) is 62.4 Å². The first kappa shape index (κ1) is 38.8. The lowest BCUT2D eigenvalue weighted by Crippen LogP contribution is -2.02. The molecule has 0 unspecified atom stereocenters. The van der Waals surface area contributed by atoms with Crippen LogP contribution in [-0.4, -0.2) is 28.7 Å². The molecule has 0 radical (unpaired) electrons. The summed E-state index contributed by atoms with van der Waals surface area (Å²) in [5.41, 5.74) is 14.9. The van der Waals surface area contributed by atoms with Gasteiger partial charge in [0.2, 0.25) is 0 Å². The largest absolute Gasteiger partial charge is 0.309 e. The zero-order valence-electron chi connectivity index (χ0n) is 37.3. The number of hydrogen-bond donors (Lipinski definition) is 0. The molecule has 0 aliphatic carbocycles. The summed E-state index contributed by atoms with van der Waals surface area (Å²) in [7, 11) is 0. The molecule has 14 rings (SSSR count). The predicted octanol–water partition coefficient (Wildman–Crippen LogP) is 15.8. The fourth-order valence-electron chi connectivity index (χ4n) is 10.6. The molecule has 0 amide bonds. The van der Waals surface area contributed by atoms with Crippen molar-refractivity contribution in [2.24, 2.45) is 0 Å². The van der Waals surface area contributed by atoms with E-state index in [9.17, 15) is 0 Å². The van der Waals surface area contributed by atoms with Gasteiger partial charge in [0, 0.05) is 66.1 Å². The van der Waals surface area contributed by atoms with E-state index in [0.717, 1.165) is 66.9 Å². The molecule has 0 spiro atoms. The van der Waals surface area contributed by atoms with Crippen LogP contribution in [-0.2, 0) is 0 Å². The molecule has 0 fully saturated rings. The number of fused-ring (bicyclic) bond motifs is 9. The molecule has 6 nitrogen and oxygen atoms in total. The van der Waals surface area contributed by atoms with Gasteiger partial charge in [0.25, 0.3) is 0 Å². The molecule has 0 aliphatic heterocycles. The standard InChI is InChI=1S/C63H40N6/c1-3-18-41(19-4-1)44-36-45(39-48(38-44)69-59-33-16-11-28-53(59)54-40-47(34-35-60(54)69)68-57-31-14-9-26-51(57)52-27-10-15-32-58(52)68)63-65-61(42-20-5-2-6-21-42)64-62(66-63)43-22-17-23-46(37-43)67-55-29-12-7-24-49(55)50-25-8-13-30-56(50)67/h1-40H. The van der Waals surface area contributed by atoms with Crippen molar-refractivity contribution in [1.82, 2.24) is 28.7 Å². The summed E-state index contributed by atoms with van der Waals surface area (Å²) in [6, 6.07) is 86.3. The molecule has 0 saturated carbocycles. The summed E-state index contributed by atoms with van der Waals surface area (Å²) in [4.78, 5) is 15.9. The minimum Gasteiger partial charge on any atom is -0.309 e. The van der Waals surface area contributed by atoms with Gasteiger partial charge in [0.1, 0.15) is 0 Å². The van der Waals surface area contributed by atoms with Crippen LogP contribution in [0.3, 0.4) is 0 Å². The molecule has 14 aromatic rings. The Morgan fingerprint density at radius 2 is 0.565 bits per heavy atom. The van der Waals surface area contributed by atoms with Crippen LogP contribution >= 0.6 is 0 Å². The average Bonchev–Trinajstić information content (AvgIpc) is 4.07. The van der Waals surface area contributed by atoms with E-state index in [2.05, 4.69) is 238 Å². The Balaban J connectivity index is 0.977. The summed E-state index contributed by atoms with van der Waals surface area (Å²) in [6.45, 7) is 0. The highest BCUT2D eigenvalue weighted by atomic mass is 15.0. The van der Waals surface area contributed by atoms with Gasteiger partial charge in [-0.1, -0.05) is 164 Å².